The van der Waals surface area contributed by atoms with Crippen LogP contribution >= 0.6 is 11.3 Å². The van der Waals surface area contributed by atoms with Crippen molar-refractivity contribution in [3.63, 3.8) is 0 Å². The molecule has 1 aromatic heterocycles. The molecule has 0 saturated heterocycles. The predicted molar refractivity (Wildman–Crippen MR) is 93.4 cm³/mol. The van der Waals surface area contributed by atoms with Gasteiger partial charge in [-0.15, -0.1) is 11.3 Å². The van der Waals surface area contributed by atoms with Crippen LogP contribution in [0.2, 0.25) is 0 Å². The summed E-state index contributed by atoms with van der Waals surface area (Å²) in [6.45, 7) is 7.18. The van der Waals surface area contributed by atoms with E-state index < -0.39 is 23.7 Å². The van der Waals surface area contributed by atoms with Crippen molar-refractivity contribution in [1.82, 2.24) is 5.32 Å². The zero-order valence-electron chi connectivity index (χ0n) is 14.5. The molecule has 1 heterocycles. The van der Waals surface area contributed by atoms with Crippen LogP contribution in [0, 0.1) is 5.41 Å². The Hall–Kier alpha value is -2.09. The van der Waals surface area contributed by atoms with E-state index in [4.69, 9.17) is 20.6 Å². The minimum atomic E-state index is -0.830. The fourth-order valence-electron chi connectivity index (χ4n) is 1.90. The number of rotatable bonds is 7. The highest BCUT2D eigenvalue weighted by atomic mass is 32.1. The van der Waals surface area contributed by atoms with E-state index in [9.17, 15) is 9.59 Å². The fraction of sp³-hybridized carbons (Fsp3) is 0.562. The molecule has 7 nitrogen and oxygen atoms in total. The smallest absolute Gasteiger partial charge is 0.408 e. The molecular weight excluding hydrogens is 330 g/mol. The summed E-state index contributed by atoms with van der Waals surface area (Å²) in [6, 6.07) is 2.88. The highest BCUT2D eigenvalue weighted by molar-refractivity contribution is 7.12. The van der Waals surface area contributed by atoms with Gasteiger partial charge in [-0.05, 0) is 39.8 Å². The molecule has 0 bridgehead atoms. The molecule has 1 atom stereocenters. The van der Waals surface area contributed by atoms with Gasteiger partial charge in [-0.1, -0.05) is 0 Å². The summed E-state index contributed by atoms with van der Waals surface area (Å²) < 4.78 is 10.2. The number of alkyl carbamates (subject to hydrolysis) is 1. The second-order valence-corrected chi connectivity index (χ2v) is 7.48. The Morgan fingerprint density at radius 2 is 1.96 bits per heavy atom. The predicted octanol–water partition coefficient (Wildman–Crippen LogP) is 2.23. The van der Waals surface area contributed by atoms with Gasteiger partial charge in [0.1, 0.15) is 11.6 Å². The summed E-state index contributed by atoms with van der Waals surface area (Å²) in [5, 5.41) is 9.88. The molecule has 134 valence electrons. The van der Waals surface area contributed by atoms with Crippen molar-refractivity contribution in [2.45, 2.75) is 52.2 Å². The maximum atomic E-state index is 12.1. The molecule has 4 N–H and O–H groups in total. The van der Waals surface area contributed by atoms with Crippen molar-refractivity contribution in [2.24, 2.45) is 5.73 Å². The lowest BCUT2D eigenvalue weighted by molar-refractivity contribution is -0.145. The maximum Gasteiger partial charge on any atom is 0.408 e. The van der Waals surface area contributed by atoms with Crippen LogP contribution in [-0.2, 0) is 27.1 Å². The average Bonchev–Trinajstić information content (AvgIpc) is 2.82. The number of carbonyl (C=O) groups excluding carboxylic acids is 2. The largest absolute Gasteiger partial charge is 0.464 e. The van der Waals surface area contributed by atoms with Gasteiger partial charge in [0.15, 0.2) is 0 Å². The van der Waals surface area contributed by atoms with Crippen LogP contribution in [0.15, 0.2) is 12.1 Å². The second kappa shape index (κ2) is 8.68. The number of amides is 1. The summed E-state index contributed by atoms with van der Waals surface area (Å²) in [4.78, 5) is 25.8. The number of ether oxygens (including phenoxy) is 2. The molecule has 8 heteroatoms. The molecule has 0 spiro atoms. The summed E-state index contributed by atoms with van der Waals surface area (Å²) in [7, 11) is 0. The number of thiophene rings is 1. The summed E-state index contributed by atoms with van der Waals surface area (Å²) in [6.07, 6.45) is -0.00409. The van der Waals surface area contributed by atoms with Gasteiger partial charge in [0, 0.05) is 22.6 Å². The molecule has 1 rings (SSSR count). The van der Waals surface area contributed by atoms with E-state index in [1.54, 1.807) is 27.7 Å². The average molecular weight is 355 g/mol. The molecule has 1 amide bonds. The minimum absolute atomic E-state index is 0.0808. The Morgan fingerprint density at radius 3 is 2.50 bits per heavy atom. The van der Waals surface area contributed by atoms with Crippen LogP contribution < -0.4 is 11.1 Å². The van der Waals surface area contributed by atoms with Gasteiger partial charge in [-0.3, -0.25) is 5.41 Å². The van der Waals surface area contributed by atoms with Crippen LogP contribution in [0.3, 0.4) is 0 Å². The van der Waals surface area contributed by atoms with Gasteiger partial charge in [0.05, 0.1) is 12.4 Å². The number of nitrogens with one attached hydrogen (secondary N) is 2. The van der Waals surface area contributed by atoms with Gasteiger partial charge in [0.2, 0.25) is 0 Å². The van der Waals surface area contributed by atoms with Gasteiger partial charge in [0.25, 0.3) is 0 Å². The Bertz CT molecular complexity index is 592. The number of nitrogens with two attached hydrogens (primary N) is 1. The lowest BCUT2D eigenvalue weighted by Crippen LogP contribution is -2.45. The third-order valence-corrected chi connectivity index (χ3v) is 3.86. The molecule has 0 saturated carbocycles. The number of hydrogen-bond acceptors (Lipinski definition) is 6. The standard InChI is InChI=1S/C16H25N3O4S/c1-5-22-14(20)12(19-15(21)23-16(2,3)4)8-10-6-7-11(24-10)9-13(17)18/h6-7,12H,5,8-9H2,1-4H3,(H3,17,18)(H,19,21)/t12-/m0/s1. The van der Waals surface area contributed by atoms with Crippen molar-refractivity contribution in [2.75, 3.05) is 6.61 Å². The Labute approximate surface area is 146 Å². The van der Waals surface area contributed by atoms with Gasteiger partial charge in [-0.25, -0.2) is 9.59 Å². The van der Waals surface area contributed by atoms with Crippen LogP contribution in [0.4, 0.5) is 4.79 Å². The van der Waals surface area contributed by atoms with E-state index in [2.05, 4.69) is 5.32 Å². The minimum Gasteiger partial charge on any atom is -0.464 e. The SMILES string of the molecule is CCOC(=O)[C@H](Cc1ccc(CC(=N)N)s1)NC(=O)OC(C)(C)C. The van der Waals surface area contributed by atoms with E-state index in [1.165, 1.54) is 11.3 Å². The number of esters is 1. The summed E-state index contributed by atoms with van der Waals surface area (Å²) in [5.41, 5.74) is 4.74. The molecule has 0 unspecified atom stereocenters. The van der Waals surface area contributed by atoms with Crippen LogP contribution in [0.1, 0.15) is 37.4 Å². The molecule has 24 heavy (non-hydrogen) atoms. The molecule has 0 aromatic carbocycles. The Balaban J connectivity index is 2.78. The molecule has 0 aliphatic carbocycles. The van der Waals surface area contributed by atoms with Gasteiger partial charge in [-0.2, -0.15) is 0 Å². The van der Waals surface area contributed by atoms with E-state index in [0.29, 0.717) is 12.8 Å². The highest BCUT2D eigenvalue weighted by Crippen LogP contribution is 2.19. The van der Waals surface area contributed by atoms with Crippen molar-refractivity contribution in [1.29, 1.82) is 5.41 Å². The highest BCUT2D eigenvalue weighted by Gasteiger charge is 2.26. The van der Waals surface area contributed by atoms with E-state index in [-0.39, 0.29) is 12.4 Å². The maximum absolute atomic E-state index is 12.1. The van der Waals surface area contributed by atoms with Crippen LogP contribution in [-0.4, -0.2) is 36.1 Å². The van der Waals surface area contributed by atoms with Crippen molar-refractivity contribution in [3.05, 3.63) is 21.9 Å². The topological polar surface area (TPSA) is 115 Å². The van der Waals surface area contributed by atoms with Crippen molar-refractivity contribution in [3.8, 4) is 0 Å². The molecule has 0 aliphatic rings. The zero-order chi connectivity index (χ0) is 18.3. The first kappa shape index (κ1) is 20.0. The number of carbonyl (C=O) groups is 2. The van der Waals surface area contributed by atoms with Gasteiger partial charge < -0.3 is 20.5 Å². The number of amidine groups is 1. The van der Waals surface area contributed by atoms with E-state index in [0.717, 1.165) is 9.75 Å². The molecule has 0 aliphatic heterocycles. The lowest BCUT2D eigenvalue weighted by atomic mass is 10.2. The zero-order valence-corrected chi connectivity index (χ0v) is 15.3. The number of hydrogen-bond donors (Lipinski definition) is 3. The van der Waals surface area contributed by atoms with Crippen LogP contribution in [0.5, 0.6) is 0 Å². The summed E-state index contributed by atoms with van der Waals surface area (Å²) in [5.74, 6) is -0.429. The van der Waals surface area contributed by atoms with E-state index in [1.807, 2.05) is 12.1 Å². The quantitative estimate of drug-likeness (QED) is 0.394. The fourth-order valence-corrected chi connectivity index (χ4v) is 2.99. The first-order valence-electron chi connectivity index (χ1n) is 7.67. The Morgan fingerprint density at radius 1 is 1.33 bits per heavy atom. The van der Waals surface area contributed by atoms with E-state index >= 15 is 0 Å². The van der Waals surface area contributed by atoms with Crippen LogP contribution in [0.25, 0.3) is 0 Å². The second-order valence-electron chi connectivity index (χ2n) is 6.23. The van der Waals surface area contributed by atoms with Crippen molar-refractivity contribution < 1.29 is 19.1 Å². The first-order valence-corrected chi connectivity index (χ1v) is 8.49. The Kier molecular flexibility index (Phi) is 7.21. The molecule has 0 radical (unpaired) electrons. The molecule has 0 fully saturated rings. The third-order valence-electron chi connectivity index (χ3n) is 2.75. The molecular formula is C16H25N3O4S. The monoisotopic (exact) mass is 355 g/mol. The van der Waals surface area contributed by atoms with Crippen molar-refractivity contribution >= 4 is 29.2 Å². The summed E-state index contributed by atoms with van der Waals surface area (Å²) >= 11 is 1.44. The van der Waals surface area contributed by atoms with Gasteiger partial charge >= 0.3 is 12.1 Å². The first-order chi connectivity index (χ1) is 11.1. The normalized spacial score (nSPS) is 12.3. The lowest BCUT2D eigenvalue weighted by Gasteiger charge is -2.22. The third kappa shape index (κ3) is 7.45. The molecule has 1 aromatic rings.